The Morgan fingerprint density at radius 1 is 1.21 bits per heavy atom. The van der Waals surface area contributed by atoms with Crippen molar-refractivity contribution < 1.29 is 9.53 Å². The molecule has 0 heterocycles. The first kappa shape index (κ1) is 21.0. The molecule has 1 atom stereocenters. The van der Waals surface area contributed by atoms with E-state index in [0.29, 0.717) is 13.0 Å². The number of carbonyl (C=O) groups excluding carboxylic acids is 1. The molecule has 0 aliphatic heterocycles. The highest BCUT2D eigenvalue weighted by Gasteiger charge is 2.24. The summed E-state index contributed by atoms with van der Waals surface area (Å²) < 4.78 is 5.39. The molecule has 19 heavy (non-hydrogen) atoms. The third kappa shape index (κ3) is 11.2. The maximum absolute atomic E-state index is 11.6. The van der Waals surface area contributed by atoms with Gasteiger partial charge in [0, 0.05) is 20.1 Å². The van der Waals surface area contributed by atoms with Crippen LogP contribution in [0.25, 0.3) is 0 Å². The number of nitrogens with one attached hydrogen (secondary N) is 1. The zero-order valence-electron chi connectivity index (χ0n) is 12.8. The van der Waals surface area contributed by atoms with Gasteiger partial charge in [0.15, 0.2) is 0 Å². The number of hydrogen-bond acceptors (Lipinski definition) is 3. The van der Waals surface area contributed by atoms with Crippen LogP contribution in [0.5, 0.6) is 0 Å². The largest absolute Gasteiger partial charge is 0.379 e. The van der Waals surface area contributed by atoms with E-state index in [-0.39, 0.29) is 29.8 Å². The molecule has 0 spiro atoms. The van der Waals surface area contributed by atoms with Gasteiger partial charge in [-0.2, -0.15) is 0 Å². The normalized spacial score (nSPS) is 12.7. The second-order valence-corrected chi connectivity index (χ2v) is 5.85. The summed E-state index contributed by atoms with van der Waals surface area (Å²) >= 11 is 0. The fraction of sp³-hybridized carbons (Fsp3) is 0.929. The van der Waals surface area contributed by atoms with Crippen LogP contribution < -0.4 is 11.1 Å². The summed E-state index contributed by atoms with van der Waals surface area (Å²) in [6.07, 6.45) is 4.85. The van der Waals surface area contributed by atoms with Crippen molar-refractivity contribution in [2.45, 2.75) is 59.0 Å². The molecule has 5 heteroatoms. The van der Waals surface area contributed by atoms with Gasteiger partial charge in [0.1, 0.15) is 0 Å². The molecule has 0 aliphatic carbocycles. The number of hydrogen-bond donors (Lipinski definition) is 2. The highest BCUT2D eigenvalue weighted by molar-refractivity contribution is 5.85. The molecule has 3 N–H and O–H groups in total. The van der Waals surface area contributed by atoms with E-state index in [1.807, 2.05) is 0 Å². The molecular weight excluding hydrogens is 264 g/mol. The van der Waals surface area contributed by atoms with E-state index in [9.17, 15) is 4.79 Å². The molecule has 0 saturated heterocycles. The zero-order chi connectivity index (χ0) is 14.0. The van der Waals surface area contributed by atoms with E-state index in [1.54, 1.807) is 7.11 Å². The van der Waals surface area contributed by atoms with Crippen molar-refractivity contribution in [2.24, 2.45) is 11.1 Å². The minimum atomic E-state index is 0. The fourth-order valence-electron chi connectivity index (χ4n) is 1.82. The number of halogens is 1. The van der Waals surface area contributed by atoms with Gasteiger partial charge in [-0.05, 0) is 24.8 Å². The first-order chi connectivity index (χ1) is 8.41. The number of unbranched alkanes of at least 4 members (excludes halogenated alkanes) is 3. The van der Waals surface area contributed by atoms with E-state index in [2.05, 4.69) is 26.1 Å². The molecule has 0 aromatic heterocycles. The Bertz CT molecular complexity index is 230. The molecule has 0 aromatic carbocycles. The van der Waals surface area contributed by atoms with Gasteiger partial charge in [0.25, 0.3) is 0 Å². The zero-order valence-corrected chi connectivity index (χ0v) is 13.6. The molecule has 0 bridgehead atoms. The summed E-state index contributed by atoms with van der Waals surface area (Å²) in [5.74, 6) is 0.119. The summed E-state index contributed by atoms with van der Waals surface area (Å²) in [7, 11) is 1.69. The standard InChI is InChI=1S/C14H30N2O2.ClH/c1-14(2,3)12(18-4)11-16-13(17)9-7-5-6-8-10-15;/h12H,5-11,15H2,1-4H3,(H,16,17);1H. The van der Waals surface area contributed by atoms with Gasteiger partial charge in [-0.1, -0.05) is 33.6 Å². The smallest absolute Gasteiger partial charge is 0.220 e. The van der Waals surface area contributed by atoms with Crippen LogP contribution in [0.4, 0.5) is 0 Å². The maximum Gasteiger partial charge on any atom is 0.220 e. The number of nitrogens with two attached hydrogens (primary N) is 1. The Hall–Kier alpha value is -0.320. The van der Waals surface area contributed by atoms with Gasteiger partial charge in [-0.25, -0.2) is 0 Å². The monoisotopic (exact) mass is 294 g/mol. The van der Waals surface area contributed by atoms with Crippen LogP contribution in [0, 0.1) is 5.41 Å². The average Bonchev–Trinajstić information content (AvgIpc) is 2.27. The van der Waals surface area contributed by atoms with Gasteiger partial charge in [-0.3, -0.25) is 4.79 Å². The molecule has 0 saturated carbocycles. The molecule has 1 unspecified atom stereocenters. The van der Waals surface area contributed by atoms with E-state index in [4.69, 9.17) is 10.5 Å². The van der Waals surface area contributed by atoms with E-state index in [1.165, 1.54) is 0 Å². The van der Waals surface area contributed by atoms with Crippen LogP contribution in [0.1, 0.15) is 52.9 Å². The summed E-state index contributed by atoms with van der Waals surface area (Å²) in [5, 5.41) is 2.94. The van der Waals surface area contributed by atoms with Crippen molar-refractivity contribution >= 4 is 18.3 Å². The third-order valence-electron chi connectivity index (χ3n) is 3.09. The topological polar surface area (TPSA) is 64.3 Å². The van der Waals surface area contributed by atoms with Gasteiger partial charge in [0.2, 0.25) is 5.91 Å². The Morgan fingerprint density at radius 3 is 2.26 bits per heavy atom. The van der Waals surface area contributed by atoms with E-state index in [0.717, 1.165) is 32.2 Å². The molecule has 0 fully saturated rings. The lowest BCUT2D eigenvalue weighted by atomic mass is 9.89. The van der Waals surface area contributed by atoms with Gasteiger partial charge < -0.3 is 15.8 Å². The van der Waals surface area contributed by atoms with Gasteiger partial charge in [-0.15, -0.1) is 12.4 Å². The Balaban J connectivity index is 0. The predicted molar refractivity (Wildman–Crippen MR) is 82.6 cm³/mol. The summed E-state index contributed by atoms with van der Waals surface area (Å²) in [6, 6.07) is 0. The van der Waals surface area contributed by atoms with E-state index >= 15 is 0 Å². The second kappa shape index (κ2) is 11.5. The number of amides is 1. The molecule has 1 amide bonds. The summed E-state index contributed by atoms with van der Waals surface area (Å²) in [4.78, 5) is 11.6. The molecule has 0 rings (SSSR count). The summed E-state index contributed by atoms with van der Waals surface area (Å²) in [5.41, 5.74) is 5.46. The molecule has 4 nitrogen and oxygen atoms in total. The van der Waals surface area contributed by atoms with Crippen LogP contribution >= 0.6 is 12.4 Å². The number of rotatable bonds is 9. The molecule has 116 valence electrons. The van der Waals surface area contributed by atoms with Crippen LogP contribution in [0.15, 0.2) is 0 Å². The number of ether oxygens (including phenoxy) is 1. The van der Waals surface area contributed by atoms with Crippen molar-refractivity contribution in [1.29, 1.82) is 0 Å². The molecule has 0 aromatic rings. The minimum Gasteiger partial charge on any atom is -0.379 e. The van der Waals surface area contributed by atoms with Crippen molar-refractivity contribution in [2.75, 3.05) is 20.2 Å². The van der Waals surface area contributed by atoms with Crippen LogP contribution in [-0.4, -0.2) is 32.2 Å². The summed E-state index contributed by atoms with van der Waals surface area (Å²) in [6.45, 7) is 7.66. The van der Waals surface area contributed by atoms with Crippen LogP contribution in [0.2, 0.25) is 0 Å². The average molecular weight is 295 g/mol. The van der Waals surface area contributed by atoms with E-state index < -0.39 is 0 Å². The van der Waals surface area contributed by atoms with Crippen molar-refractivity contribution in [3.63, 3.8) is 0 Å². The predicted octanol–water partition coefficient (Wildman–Crippen LogP) is 2.49. The third-order valence-corrected chi connectivity index (χ3v) is 3.09. The van der Waals surface area contributed by atoms with Crippen LogP contribution in [-0.2, 0) is 9.53 Å². The first-order valence-corrected chi connectivity index (χ1v) is 6.91. The van der Waals surface area contributed by atoms with Gasteiger partial charge >= 0.3 is 0 Å². The minimum absolute atomic E-state index is 0. The lowest BCUT2D eigenvalue weighted by Crippen LogP contribution is -2.40. The SMILES string of the molecule is COC(CNC(=O)CCCCCCN)C(C)(C)C.Cl. The maximum atomic E-state index is 11.6. The first-order valence-electron chi connectivity index (χ1n) is 6.91. The molecule has 0 radical (unpaired) electrons. The molecule has 0 aliphatic rings. The molecular formula is C14H31ClN2O2. The number of methoxy groups -OCH3 is 1. The second-order valence-electron chi connectivity index (χ2n) is 5.85. The van der Waals surface area contributed by atoms with Crippen molar-refractivity contribution in [3.05, 3.63) is 0 Å². The Morgan fingerprint density at radius 2 is 1.79 bits per heavy atom. The lowest BCUT2D eigenvalue weighted by Gasteiger charge is -2.29. The Labute approximate surface area is 124 Å². The number of carbonyl (C=O) groups is 1. The highest BCUT2D eigenvalue weighted by Crippen LogP contribution is 2.20. The lowest BCUT2D eigenvalue weighted by molar-refractivity contribution is -0.122. The van der Waals surface area contributed by atoms with Crippen molar-refractivity contribution in [3.8, 4) is 0 Å². The van der Waals surface area contributed by atoms with Crippen molar-refractivity contribution in [1.82, 2.24) is 5.32 Å². The van der Waals surface area contributed by atoms with Gasteiger partial charge in [0.05, 0.1) is 6.10 Å². The highest BCUT2D eigenvalue weighted by atomic mass is 35.5. The Kier molecular flexibility index (Phi) is 12.7. The fourth-order valence-corrected chi connectivity index (χ4v) is 1.82. The van der Waals surface area contributed by atoms with Crippen LogP contribution in [0.3, 0.4) is 0 Å². The quantitative estimate of drug-likeness (QED) is 0.642.